The monoisotopic (exact) mass is 374 g/mol. The van der Waals surface area contributed by atoms with E-state index in [9.17, 15) is 9.59 Å². The number of aliphatic carboxylic acids is 1. The molecule has 3 aromatic rings. The number of piperazine rings is 1. The first-order valence-electron chi connectivity index (χ1n) is 9.44. The van der Waals surface area contributed by atoms with Crippen LogP contribution in [0.4, 0.5) is 5.69 Å². The highest BCUT2D eigenvalue weighted by molar-refractivity contribution is 6.07. The third-order valence-electron chi connectivity index (χ3n) is 5.24. The van der Waals surface area contributed by atoms with Crippen LogP contribution in [0.5, 0.6) is 0 Å². The number of fused-ring (bicyclic) bond motifs is 1. The summed E-state index contributed by atoms with van der Waals surface area (Å²) in [6.07, 6.45) is 0.0353. The predicted octanol–water partition coefficient (Wildman–Crippen LogP) is 3.43. The molecule has 0 radical (unpaired) electrons. The van der Waals surface area contributed by atoms with E-state index in [1.807, 2.05) is 71.6 Å². The van der Waals surface area contributed by atoms with E-state index in [1.165, 1.54) is 0 Å². The van der Waals surface area contributed by atoms with Gasteiger partial charge in [-0.3, -0.25) is 9.59 Å². The van der Waals surface area contributed by atoms with Gasteiger partial charge in [0.25, 0.3) is 5.91 Å². The molecule has 0 unspecified atom stereocenters. The number of carboxylic acids is 1. The van der Waals surface area contributed by atoms with Crippen LogP contribution >= 0.6 is 0 Å². The molecule has 0 atom stereocenters. The van der Waals surface area contributed by atoms with Crippen molar-refractivity contribution in [2.45, 2.75) is 6.42 Å². The van der Waals surface area contributed by atoms with Gasteiger partial charge in [-0.25, -0.2) is 0 Å². The van der Waals surface area contributed by atoms with Gasteiger partial charge in [0.15, 0.2) is 0 Å². The number of rotatable bonds is 4. The van der Waals surface area contributed by atoms with Crippen molar-refractivity contribution < 1.29 is 14.7 Å². The predicted molar refractivity (Wildman–Crippen MR) is 110 cm³/mol. The number of carboxylic acid groups (broad SMARTS) is 1. The van der Waals surface area contributed by atoms with E-state index < -0.39 is 5.97 Å². The Morgan fingerprint density at radius 3 is 2.21 bits per heavy atom. The molecule has 0 saturated carbocycles. The van der Waals surface area contributed by atoms with Crippen molar-refractivity contribution in [1.29, 1.82) is 0 Å². The molecule has 1 aliphatic heterocycles. The first-order chi connectivity index (χ1) is 13.6. The second kappa shape index (κ2) is 7.72. The fourth-order valence-electron chi connectivity index (χ4n) is 3.75. The van der Waals surface area contributed by atoms with Crippen LogP contribution in [-0.2, 0) is 11.2 Å². The quantitative estimate of drug-likeness (QED) is 0.760. The number of hydrogen-bond acceptors (Lipinski definition) is 3. The summed E-state index contributed by atoms with van der Waals surface area (Å²) in [6, 6.07) is 21.5. The van der Waals surface area contributed by atoms with Gasteiger partial charge < -0.3 is 14.9 Å². The van der Waals surface area contributed by atoms with Crippen molar-refractivity contribution in [3.05, 3.63) is 77.9 Å². The Bertz CT molecular complexity index is 1000. The molecule has 1 N–H and O–H groups in total. The maximum atomic E-state index is 13.1. The van der Waals surface area contributed by atoms with Crippen molar-refractivity contribution in [1.82, 2.24) is 4.90 Å². The Morgan fingerprint density at radius 1 is 0.821 bits per heavy atom. The highest BCUT2D eigenvalue weighted by atomic mass is 16.4. The molecule has 5 heteroatoms. The summed E-state index contributed by atoms with van der Waals surface area (Å²) in [5.41, 5.74) is 2.61. The molecule has 1 aliphatic rings. The van der Waals surface area contributed by atoms with Crippen LogP contribution in [0.3, 0.4) is 0 Å². The lowest BCUT2D eigenvalue weighted by atomic mass is 10.0. The molecule has 142 valence electrons. The maximum Gasteiger partial charge on any atom is 0.307 e. The summed E-state index contributed by atoms with van der Waals surface area (Å²) >= 11 is 0. The lowest BCUT2D eigenvalue weighted by molar-refractivity contribution is -0.136. The minimum absolute atomic E-state index is 0.0353. The standard InChI is InChI=1S/C23H22N2O3/c26-22(27)16-17-8-10-19(11-9-17)24-12-14-25(15-13-24)23(28)21-7-3-5-18-4-1-2-6-20(18)21/h1-11H,12-16H2,(H,26,27). The zero-order valence-electron chi connectivity index (χ0n) is 15.5. The van der Waals surface area contributed by atoms with Crippen LogP contribution in [0, 0.1) is 0 Å². The normalized spacial score (nSPS) is 14.3. The van der Waals surface area contributed by atoms with Gasteiger partial charge in [-0.1, -0.05) is 48.5 Å². The fourth-order valence-corrected chi connectivity index (χ4v) is 3.75. The molecular formula is C23H22N2O3. The minimum atomic E-state index is -0.826. The number of benzene rings is 3. The summed E-state index contributed by atoms with van der Waals surface area (Å²) in [7, 11) is 0. The lowest BCUT2D eigenvalue weighted by Crippen LogP contribution is -2.48. The van der Waals surface area contributed by atoms with Crippen LogP contribution in [-0.4, -0.2) is 48.1 Å². The van der Waals surface area contributed by atoms with Gasteiger partial charge >= 0.3 is 5.97 Å². The molecule has 1 saturated heterocycles. The van der Waals surface area contributed by atoms with Gasteiger partial charge in [0, 0.05) is 37.4 Å². The van der Waals surface area contributed by atoms with Gasteiger partial charge in [-0.2, -0.15) is 0 Å². The second-order valence-electron chi connectivity index (χ2n) is 7.04. The number of carbonyl (C=O) groups excluding carboxylic acids is 1. The van der Waals surface area contributed by atoms with Crippen molar-refractivity contribution in [2.75, 3.05) is 31.1 Å². The maximum absolute atomic E-state index is 13.1. The van der Waals surface area contributed by atoms with E-state index in [0.717, 1.165) is 40.7 Å². The average molecular weight is 374 g/mol. The van der Waals surface area contributed by atoms with Crippen LogP contribution < -0.4 is 4.90 Å². The smallest absolute Gasteiger partial charge is 0.307 e. The van der Waals surface area contributed by atoms with Crippen molar-refractivity contribution in [3.63, 3.8) is 0 Å². The highest BCUT2D eigenvalue weighted by Gasteiger charge is 2.23. The number of carbonyl (C=O) groups is 2. The molecule has 1 fully saturated rings. The van der Waals surface area contributed by atoms with E-state index in [2.05, 4.69) is 4.90 Å². The Labute approximate surface area is 163 Å². The molecule has 5 nitrogen and oxygen atoms in total. The zero-order valence-corrected chi connectivity index (χ0v) is 15.5. The third-order valence-corrected chi connectivity index (χ3v) is 5.24. The summed E-state index contributed by atoms with van der Waals surface area (Å²) < 4.78 is 0. The lowest BCUT2D eigenvalue weighted by Gasteiger charge is -2.36. The minimum Gasteiger partial charge on any atom is -0.481 e. The van der Waals surface area contributed by atoms with Crippen LogP contribution in [0.1, 0.15) is 15.9 Å². The van der Waals surface area contributed by atoms with E-state index in [0.29, 0.717) is 13.1 Å². The van der Waals surface area contributed by atoms with Crippen LogP contribution in [0.15, 0.2) is 66.7 Å². The Balaban J connectivity index is 1.43. The Morgan fingerprint density at radius 2 is 1.50 bits per heavy atom. The molecule has 0 aromatic heterocycles. The Kier molecular flexibility index (Phi) is 4.98. The van der Waals surface area contributed by atoms with Gasteiger partial charge in [-0.05, 0) is 34.5 Å². The van der Waals surface area contributed by atoms with Crippen molar-refractivity contribution in [2.24, 2.45) is 0 Å². The average Bonchev–Trinajstić information content (AvgIpc) is 2.73. The molecule has 28 heavy (non-hydrogen) atoms. The first kappa shape index (κ1) is 18.0. The van der Waals surface area contributed by atoms with Crippen molar-refractivity contribution >= 4 is 28.3 Å². The fraction of sp³-hybridized carbons (Fsp3) is 0.217. The van der Waals surface area contributed by atoms with Crippen molar-refractivity contribution in [3.8, 4) is 0 Å². The number of nitrogens with zero attached hydrogens (tertiary/aromatic N) is 2. The molecular weight excluding hydrogens is 352 g/mol. The molecule has 3 aromatic carbocycles. The molecule has 0 aliphatic carbocycles. The number of hydrogen-bond donors (Lipinski definition) is 1. The van der Waals surface area contributed by atoms with Crippen LogP contribution in [0.25, 0.3) is 10.8 Å². The highest BCUT2D eigenvalue weighted by Crippen LogP contribution is 2.22. The summed E-state index contributed by atoms with van der Waals surface area (Å²) in [5.74, 6) is -0.749. The number of amides is 1. The van der Waals surface area contributed by atoms with Crippen LogP contribution in [0.2, 0.25) is 0 Å². The largest absolute Gasteiger partial charge is 0.481 e. The van der Waals surface area contributed by atoms with Gasteiger partial charge in [0.05, 0.1) is 6.42 Å². The first-order valence-corrected chi connectivity index (χ1v) is 9.44. The van der Waals surface area contributed by atoms with E-state index in [4.69, 9.17) is 5.11 Å². The summed E-state index contributed by atoms with van der Waals surface area (Å²) in [5, 5.41) is 10.9. The molecule has 0 spiro atoms. The Hall–Kier alpha value is -3.34. The second-order valence-corrected chi connectivity index (χ2v) is 7.04. The van der Waals surface area contributed by atoms with Gasteiger partial charge in [-0.15, -0.1) is 0 Å². The number of anilines is 1. The third kappa shape index (κ3) is 3.69. The molecule has 0 bridgehead atoms. The van der Waals surface area contributed by atoms with Gasteiger partial charge in [0.1, 0.15) is 0 Å². The van der Waals surface area contributed by atoms with E-state index in [-0.39, 0.29) is 12.3 Å². The van der Waals surface area contributed by atoms with Gasteiger partial charge in [0.2, 0.25) is 0 Å². The zero-order chi connectivity index (χ0) is 19.5. The SMILES string of the molecule is O=C(O)Cc1ccc(N2CCN(C(=O)c3cccc4ccccc34)CC2)cc1. The van der Waals surface area contributed by atoms with E-state index in [1.54, 1.807) is 0 Å². The topological polar surface area (TPSA) is 60.9 Å². The summed E-state index contributed by atoms with van der Waals surface area (Å²) in [6.45, 7) is 2.85. The molecule has 1 amide bonds. The molecule has 1 heterocycles. The molecule has 4 rings (SSSR count). The summed E-state index contributed by atoms with van der Waals surface area (Å²) in [4.78, 5) is 28.0. The van der Waals surface area contributed by atoms with E-state index >= 15 is 0 Å².